The van der Waals surface area contributed by atoms with E-state index in [1.807, 2.05) is 19.9 Å². The van der Waals surface area contributed by atoms with Gasteiger partial charge in [0.1, 0.15) is 5.54 Å². The van der Waals surface area contributed by atoms with E-state index in [2.05, 4.69) is 15.3 Å². The smallest absolute Gasteiger partial charge is 0.323 e. The first-order valence-electron chi connectivity index (χ1n) is 5.76. The highest BCUT2D eigenvalue weighted by atomic mass is 32.2. The van der Waals surface area contributed by atoms with Crippen LogP contribution in [0.1, 0.15) is 26.0 Å². The molecular formula is C12H19N3O2S. The van der Waals surface area contributed by atoms with Crippen molar-refractivity contribution < 1.29 is 9.90 Å². The molecule has 5 nitrogen and oxygen atoms in total. The van der Waals surface area contributed by atoms with E-state index in [1.54, 1.807) is 20.2 Å². The predicted molar refractivity (Wildman–Crippen MR) is 71.8 cm³/mol. The Hall–Kier alpha value is -1.14. The Labute approximate surface area is 111 Å². The number of thioether (sulfide) groups is 1. The van der Waals surface area contributed by atoms with Crippen LogP contribution in [-0.4, -0.2) is 38.9 Å². The molecule has 2 unspecified atom stereocenters. The van der Waals surface area contributed by atoms with Crippen LogP contribution in [0.5, 0.6) is 0 Å². The fourth-order valence-corrected chi connectivity index (χ4v) is 2.67. The molecule has 18 heavy (non-hydrogen) atoms. The SMILES string of the molecule is CNC(C)(CC(C)Sc1nccc(C)n1)C(=O)O. The zero-order valence-electron chi connectivity index (χ0n) is 11.1. The van der Waals surface area contributed by atoms with E-state index < -0.39 is 11.5 Å². The molecule has 100 valence electrons. The molecule has 1 aromatic rings. The first-order valence-corrected chi connectivity index (χ1v) is 6.64. The summed E-state index contributed by atoms with van der Waals surface area (Å²) in [7, 11) is 1.66. The molecule has 0 aliphatic heterocycles. The quantitative estimate of drug-likeness (QED) is 0.605. The van der Waals surface area contributed by atoms with Gasteiger partial charge < -0.3 is 10.4 Å². The largest absolute Gasteiger partial charge is 0.480 e. The first-order chi connectivity index (χ1) is 8.37. The highest BCUT2D eigenvalue weighted by molar-refractivity contribution is 7.99. The number of carbonyl (C=O) groups is 1. The maximum atomic E-state index is 11.2. The highest BCUT2D eigenvalue weighted by Gasteiger charge is 2.33. The van der Waals surface area contributed by atoms with Crippen molar-refractivity contribution in [3.63, 3.8) is 0 Å². The summed E-state index contributed by atoms with van der Waals surface area (Å²) in [6.45, 7) is 5.57. The Morgan fingerprint density at radius 3 is 2.83 bits per heavy atom. The van der Waals surface area contributed by atoms with E-state index >= 15 is 0 Å². The zero-order valence-corrected chi connectivity index (χ0v) is 11.9. The molecule has 0 saturated heterocycles. The van der Waals surface area contributed by atoms with Gasteiger partial charge in [0.15, 0.2) is 5.16 Å². The average Bonchev–Trinajstić information content (AvgIpc) is 2.28. The van der Waals surface area contributed by atoms with Crippen molar-refractivity contribution in [2.24, 2.45) is 0 Å². The van der Waals surface area contributed by atoms with E-state index in [0.717, 1.165) is 5.69 Å². The number of likely N-dealkylation sites (N-methyl/N-ethyl adjacent to an activating group) is 1. The second kappa shape index (κ2) is 6.15. The maximum absolute atomic E-state index is 11.2. The summed E-state index contributed by atoms with van der Waals surface area (Å²) in [5.74, 6) is -0.845. The Kier molecular flexibility index (Phi) is 5.10. The molecule has 0 saturated carbocycles. The van der Waals surface area contributed by atoms with Crippen LogP contribution in [0.3, 0.4) is 0 Å². The molecule has 0 spiro atoms. The molecule has 1 heterocycles. The van der Waals surface area contributed by atoms with Crippen LogP contribution in [0.4, 0.5) is 0 Å². The lowest BCUT2D eigenvalue weighted by atomic mass is 9.97. The van der Waals surface area contributed by atoms with Gasteiger partial charge in [-0.25, -0.2) is 9.97 Å². The van der Waals surface area contributed by atoms with Gasteiger partial charge in [0.2, 0.25) is 0 Å². The Bertz CT molecular complexity index is 428. The van der Waals surface area contributed by atoms with E-state index in [-0.39, 0.29) is 5.25 Å². The topological polar surface area (TPSA) is 75.1 Å². The molecule has 0 aromatic carbocycles. The molecule has 1 aromatic heterocycles. The molecule has 6 heteroatoms. The Morgan fingerprint density at radius 2 is 2.33 bits per heavy atom. The predicted octanol–water partition coefficient (Wildman–Crippen LogP) is 1.72. The van der Waals surface area contributed by atoms with Crippen molar-refractivity contribution in [2.75, 3.05) is 7.05 Å². The van der Waals surface area contributed by atoms with E-state index in [1.165, 1.54) is 11.8 Å². The lowest BCUT2D eigenvalue weighted by Gasteiger charge is -2.26. The average molecular weight is 269 g/mol. The summed E-state index contributed by atoms with van der Waals surface area (Å²) in [5.41, 5.74) is -0.00899. The number of rotatable bonds is 6. The van der Waals surface area contributed by atoms with Crippen molar-refractivity contribution in [2.45, 2.75) is 43.1 Å². The summed E-state index contributed by atoms with van der Waals surface area (Å²) in [6.07, 6.45) is 2.21. The minimum atomic E-state index is -0.920. The van der Waals surface area contributed by atoms with Gasteiger partial charge in [-0.05, 0) is 33.4 Å². The fraction of sp³-hybridized carbons (Fsp3) is 0.583. The number of carboxylic acid groups (broad SMARTS) is 1. The van der Waals surface area contributed by atoms with Gasteiger partial charge in [-0.3, -0.25) is 4.79 Å². The first kappa shape index (κ1) is 14.9. The third-order valence-corrected chi connectivity index (χ3v) is 3.78. The van der Waals surface area contributed by atoms with Gasteiger partial charge in [-0.15, -0.1) is 0 Å². The van der Waals surface area contributed by atoms with Crippen LogP contribution in [-0.2, 0) is 4.79 Å². The molecule has 0 bridgehead atoms. The lowest BCUT2D eigenvalue weighted by molar-refractivity contribution is -0.144. The summed E-state index contributed by atoms with van der Waals surface area (Å²) < 4.78 is 0. The van der Waals surface area contributed by atoms with Crippen molar-refractivity contribution in [1.82, 2.24) is 15.3 Å². The molecular weight excluding hydrogens is 250 g/mol. The summed E-state index contributed by atoms with van der Waals surface area (Å²) in [5, 5.41) is 12.8. The number of nitrogens with one attached hydrogen (secondary N) is 1. The fourth-order valence-electron chi connectivity index (χ4n) is 1.58. The number of hydrogen-bond donors (Lipinski definition) is 2. The van der Waals surface area contributed by atoms with Crippen LogP contribution in [0.25, 0.3) is 0 Å². The van der Waals surface area contributed by atoms with Crippen LogP contribution >= 0.6 is 11.8 Å². The van der Waals surface area contributed by atoms with Crippen LogP contribution < -0.4 is 5.32 Å². The Balaban J connectivity index is 2.66. The van der Waals surface area contributed by atoms with Crippen molar-refractivity contribution in [3.05, 3.63) is 18.0 Å². The Morgan fingerprint density at radius 1 is 1.67 bits per heavy atom. The molecule has 2 atom stereocenters. The lowest BCUT2D eigenvalue weighted by Crippen LogP contribution is -2.49. The molecule has 0 fully saturated rings. The molecule has 1 rings (SSSR count). The molecule has 0 aliphatic carbocycles. The number of carboxylic acids is 1. The summed E-state index contributed by atoms with van der Waals surface area (Å²) in [4.78, 5) is 19.7. The highest BCUT2D eigenvalue weighted by Crippen LogP contribution is 2.26. The normalized spacial score (nSPS) is 16.0. The minimum absolute atomic E-state index is 0.111. The maximum Gasteiger partial charge on any atom is 0.323 e. The minimum Gasteiger partial charge on any atom is -0.480 e. The third-order valence-electron chi connectivity index (χ3n) is 2.80. The standard InChI is InChI=1S/C12H19N3O2S/c1-8-5-6-14-11(15-8)18-9(2)7-12(3,13-4)10(16)17/h5-6,9,13H,7H2,1-4H3,(H,16,17). The molecule has 0 radical (unpaired) electrons. The number of aryl methyl sites for hydroxylation is 1. The van der Waals surface area contributed by atoms with E-state index in [4.69, 9.17) is 0 Å². The number of hydrogen-bond acceptors (Lipinski definition) is 5. The van der Waals surface area contributed by atoms with Crippen LogP contribution in [0, 0.1) is 6.92 Å². The van der Waals surface area contributed by atoms with Gasteiger partial charge in [0.05, 0.1) is 0 Å². The monoisotopic (exact) mass is 269 g/mol. The second-order valence-electron chi connectivity index (χ2n) is 4.50. The van der Waals surface area contributed by atoms with Crippen molar-refractivity contribution >= 4 is 17.7 Å². The number of nitrogens with zero attached hydrogens (tertiary/aromatic N) is 2. The molecule has 0 amide bonds. The number of aliphatic carboxylic acids is 1. The van der Waals surface area contributed by atoms with Crippen LogP contribution in [0.2, 0.25) is 0 Å². The molecule has 0 aliphatic rings. The van der Waals surface area contributed by atoms with Crippen molar-refractivity contribution in [3.8, 4) is 0 Å². The summed E-state index contributed by atoms with van der Waals surface area (Å²) in [6, 6.07) is 1.84. The van der Waals surface area contributed by atoms with Gasteiger partial charge in [0.25, 0.3) is 0 Å². The van der Waals surface area contributed by atoms with Gasteiger partial charge in [-0.2, -0.15) is 0 Å². The zero-order chi connectivity index (χ0) is 13.8. The van der Waals surface area contributed by atoms with E-state index in [0.29, 0.717) is 11.6 Å². The van der Waals surface area contributed by atoms with Crippen molar-refractivity contribution in [1.29, 1.82) is 0 Å². The molecule has 2 N–H and O–H groups in total. The van der Waals surface area contributed by atoms with Gasteiger partial charge >= 0.3 is 5.97 Å². The van der Waals surface area contributed by atoms with E-state index in [9.17, 15) is 9.90 Å². The summed E-state index contributed by atoms with van der Waals surface area (Å²) >= 11 is 1.49. The van der Waals surface area contributed by atoms with Gasteiger partial charge in [-0.1, -0.05) is 18.7 Å². The number of aromatic nitrogens is 2. The van der Waals surface area contributed by atoms with Gasteiger partial charge in [0, 0.05) is 17.1 Å². The second-order valence-corrected chi connectivity index (χ2v) is 5.91. The third kappa shape index (κ3) is 3.96. The van der Waals surface area contributed by atoms with Crippen LogP contribution in [0.15, 0.2) is 17.4 Å².